The molecule has 0 aromatic heterocycles. The summed E-state index contributed by atoms with van der Waals surface area (Å²) in [6, 6.07) is 17.1. The van der Waals surface area contributed by atoms with Crippen molar-refractivity contribution in [3.05, 3.63) is 65.7 Å². The number of para-hydroxylation sites is 1. The van der Waals surface area contributed by atoms with Crippen molar-refractivity contribution >= 4 is 11.8 Å². The molecule has 0 radical (unpaired) electrons. The quantitative estimate of drug-likeness (QED) is 0.535. The minimum absolute atomic E-state index is 0.0849. The minimum atomic E-state index is -0.501. The number of amides is 2. The highest BCUT2D eigenvalue weighted by Gasteiger charge is 2.28. The number of hydrogen-bond acceptors (Lipinski definition) is 3. The van der Waals surface area contributed by atoms with Crippen molar-refractivity contribution in [2.45, 2.75) is 52.5 Å². The SMILES string of the molecule is CCCCNC(=O)[C@@H](CC)N(CCc1ccccc1)C(=O)COc1ccccc1C. The summed E-state index contributed by atoms with van der Waals surface area (Å²) in [7, 11) is 0. The van der Waals surface area contributed by atoms with E-state index in [1.165, 1.54) is 0 Å². The molecule has 162 valence electrons. The molecule has 2 aromatic rings. The molecule has 0 aliphatic carbocycles. The van der Waals surface area contributed by atoms with Gasteiger partial charge in [0.1, 0.15) is 11.8 Å². The Kier molecular flexibility index (Phi) is 9.92. The molecule has 0 fully saturated rings. The Morgan fingerprint density at radius 3 is 2.40 bits per heavy atom. The van der Waals surface area contributed by atoms with Crippen LogP contribution < -0.4 is 10.1 Å². The van der Waals surface area contributed by atoms with E-state index in [4.69, 9.17) is 4.74 Å². The van der Waals surface area contributed by atoms with Gasteiger partial charge in [-0.3, -0.25) is 9.59 Å². The molecule has 0 aliphatic rings. The number of aryl methyl sites for hydroxylation is 1. The molecule has 0 spiro atoms. The van der Waals surface area contributed by atoms with Crippen molar-refractivity contribution in [1.82, 2.24) is 10.2 Å². The predicted octanol–water partition coefficient (Wildman–Crippen LogP) is 4.14. The Bertz CT molecular complexity index is 792. The van der Waals surface area contributed by atoms with E-state index in [-0.39, 0.29) is 18.4 Å². The molecule has 5 nitrogen and oxygen atoms in total. The second kappa shape index (κ2) is 12.7. The van der Waals surface area contributed by atoms with Crippen LogP contribution in [0.2, 0.25) is 0 Å². The van der Waals surface area contributed by atoms with Crippen LogP contribution in [0, 0.1) is 6.92 Å². The van der Waals surface area contributed by atoms with Gasteiger partial charge in [-0.15, -0.1) is 0 Å². The fraction of sp³-hybridized carbons (Fsp3) is 0.440. The Morgan fingerprint density at radius 2 is 1.73 bits per heavy atom. The number of unbranched alkanes of at least 4 members (excludes halogenated alkanes) is 1. The zero-order valence-corrected chi connectivity index (χ0v) is 18.4. The third kappa shape index (κ3) is 7.21. The number of carbonyl (C=O) groups excluding carboxylic acids is 2. The topological polar surface area (TPSA) is 58.6 Å². The van der Waals surface area contributed by atoms with Crippen molar-refractivity contribution < 1.29 is 14.3 Å². The van der Waals surface area contributed by atoms with Crippen molar-refractivity contribution in [2.24, 2.45) is 0 Å². The Morgan fingerprint density at radius 1 is 1.03 bits per heavy atom. The molecular weight excluding hydrogens is 376 g/mol. The van der Waals surface area contributed by atoms with Crippen molar-refractivity contribution in [1.29, 1.82) is 0 Å². The predicted molar refractivity (Wildman–Crippen MR) is 121 cm³/mol. The third-order valence-electron chi connectivity index (χ3n) is 5.14. The number of benzene rings is 2. The molecule has 30 heavy (non-hydrogen) atoms. The summed E-state index contributed by atoms with van der Waals surface area (Å²) in [5.74, 6) is 0.421. The van der Waals surface area contributed by atoms with E-state index in [9.17, 15) is 9.59 Å². The largest absolute Gasteiger partial charge is 0.484 e. The van der Waals surface area contributed by atoms with Gasteiger partial charge in [0.2, 0.25) is 5.91 Å². The normalized spacial score (nSPS) is 11.6. The zero-order valence-electron chi connectivity index (χ0n) is 18.4. The summed E-state index contributed by atoms with van der Waals surface area (Å²) in [6.07, 6.45) is 3.19. The zero-order chi connectivity index (χ0) is 21.8. The fourth-order valence-electron chi connectivity index (χ4n) is 3.34. The fourth-order valence-corrected chi connectivity index (χ4v) is 3.34. The summed E-state index contributed by atoms with van der Waals surface area (Å²) in [4.78, 5) is 27.6. The average Bonchev–Trinajstić information content (AvgIpc) is 2.76. The molecule has 0 bridgehead atoms. The van der Waals surface area contributed by atoms with Gasteiger partial charge >= 0.3 is 0 Å². The van der Waals surface area contributed by atoms with Gasteiger partial charge < -0.3 is 15.0 Å². The molecule has 5 heteroatoms. The molecule has 2 rings (SSSR count). The molecule has 2 aromatic carbocycles. The Hall–Kier alpha value is -2.82. The number of nitrogens with zero attached hydrogens (tertiary/aromatic N) is 1. The monoisotopic (exact) mass is 410 g/mol. The van der Waals surface area contributed by atoms with Crippen LogP contribution in [0.1, 0.15) is 44.2 Å². The molecule has 0 aliphatic heterocycles. The van der Waals surface area contributed by atoms with Gasteiger partial charge in [-0.1, -0.05) is 68.8 Å². The van der Waals surface area contributed by atoms with Crippen molar-refractivity contribution in [3.63, 3.8) is 0 Å². The van der Waals surface area contributed by atoms with E-state index in [1.807, 2.05) is 68.4 Å². The van der Waals surface area contributed by atoms with Crippen LogP contribution in [0.25, 0.3) is 0 Å². The molecule has 1 N–H and O–H groups in total. The first-order chi connectivity index (χ1) is 14.6. The molecule has 0 saturated heterocycles. The highest BCUT2D eigenvalue weighted by molar-refractivity contribution is 5.88. The van der Waals surface area contributed by atoms with Crippen molar-refractivity contribution in [2.75, 3.05) is 19.7 Å². The summed E-state index contributed by atoms with van der Waals surface area (Å²) in [5.41, 5.74) is 2.11. The maximum Gasteiger partial charge on any atom is 0.261 e. The lowest BCUT2D eigenvalue weighted by Crippen LogP contribution is -2.51. The lowest BCUT2D eigenvalue weighted by Gasteiger charge is -2.30. The number of nitrogens with one attached hydrogen (secondary N) is 1. The van der Waals surface area contributed by atoms with E-state index < -0.39 is 6.04 Å². The summed E-state index contributed by atoms with van der Waals surface area (Å²) >= 11 is 0. The molecular formula is C25H34N2O3. The van der Waals surface area contributed by atoms with E-state index in [2.05, 4.69) is 12.2 Å². The van der Waals surface area contributed by atoms with Gasteiger partial charge in [-0.2, -0.15) is 0 Å². The summed E-state index contributed by atoms with van der Waals surface area (Å²) < 4.78 is 5.78. The standard InChI is InChI=1S/C25H34N2O3/c1-4-6-17-26-25(29)22(5-2)27(18-16-21-13-8-7-9-14-21)24(28)19-30-23-15-11-10-12-20(23)3/h7-15,22H,4-6,16-19H2,1-3H3,(H,26,29)/t22-/m1/s1. The molecule has 0 saturated carbocycles. The first-order valence-electron chi connectivity index (χ1n) is 10.9. The Balaban J connectivity index is 2.10. The molecule has 0 unspecified atom stereocenters. The highest BCUT2D eigenvalue weighted by atomic mass is 16.5. The van der Waals surface area contributed by atoms with E-state index in [0.29, 0.717) is 31.7 Å². The summed E-state index contributed by atoms with van der Waals surface area (Å²) in [6.45, 7) is 6.99. The van der Waals surface area contributed by atoms with E-state index >= 15 is 0 Å². The maximum atomic E-state index is 13.1. The molecule has 1 atom stereocenters. The smallest absolute Gasteiger partial charge is 0.261 e. The third-order valence-corrected chi connectivity index (χ3v) is 5.14. The number of hydrogen-bond donors (Lipinski definition) is 1. The van der Waals surface area contributed by atoms with E-state index in [0.717, 1.165) is 24.0 Å². The second-order valence-electron chi connectivity index (χ2n) is 7.45. The van der Waals surface area contributed by atoms with Crippen LogP contribution in [0.15, 0.2) is 54.6 Å². The van der Waals surface area contributed by atoms with Gasteiger partial charge in [-0.25, -0.2) is 0 Å². The van der Waals surface area contributed by atoms with E-state index in [1.54, 1.807) is 4.90 Å². The number of carbonyl (C=O) groups is 2. The van der Waals surface area contributed by atoms with Crippen molar-refractivity contribution in [3.8, 4) is 5.75 Å². The average molecular weight is 411 g/mol. The molecule has 2 amide bonds. The van der Waals surface area contributed by atoms with Gasteiger partial charge in [0.05, 0.1) is 0 Å². The van der Waals surface area contributed by atoms with Gasteiger partial charge in [0.25, 0.3) is 5.91 Å². The van der Waals surface area contributed by atoms with Crippen LogP contribution in [0.4, 0.5) is 0 Å². The number of rotatable bonds is 12. The van der Waals surface area contributed by atoms with Crippen LogP contribution in [0.5, 0.6) is 5.75 Å². The first kappa shape index (κ1) is 23.5. The first-order valence-corrected chi connectivity index (χ1v) is 10.9. The van der Waals surface area contributed by atoms with Gasteiger partial charge in [0, 0.05) is 13.1 Å². The lowest BCUT2D eigenvalue weighted by molar-refractivity contribution is -0.142. The Labute approximate surface area is 180 Å². The van der Waals surface area contributed by atoms with Gasteiger partial charge in [-0.05, 0) is 43.4 Å². The minimum Gasteiger partial charge on any atom is -0.484 e. The van der Waals surface area contributed by atoms with Crippen LogP contribution in [-0.4, -0.2) is 42.5 Å². The second-order valence-corrected chi connectivity index (χ2v) is 7.45. The summed E-state index contributed by atoms with van der Waals surface area (Å²) in [5, 5.41) is 2.98. The van der Waals surface area contributed by atoms with Gasteiger partial charge in [0.15, 0.2) is 6.61 Å². The molecule has 0 heterocycles. The highest BCUT2D eigenvalue weighted by Crippen LogP contribution is 2.17. The van der Waals surface area contributed by atoms with Crippen LogP contribution in [0.3, 0.4) is 0 Å². The lowest BCUT2D eigenvalue weighted by atomic mass is 10.1. The maximum absolute atomic E-state index is 13.1. The number of ether oxygens (including phenoxy) is 1. The van der Waals surface area contributed by atoms with Crippen LogP contribution >= 0.6 is 0 Å². The van der Waals surface area contributed by atoms with Crippen LogP contribution in [-0.2, 0) is 16.0 Å².